The van der Waals surface area contributed by atoms with Gasteiger partial charge >= 0.3 is 5.97 Å². The molecule has 1 amide bonds. The lowest BCUT2D eigenvalue weighted by Crippen LogP contribution is -2.29. The van der Waals surface area contributed by atoms with E-state index in [9.17, 15) is 9.59 Å². The summed E-state index contributed by atoms with van der Waals surface area (Å²) in [4.78, 5) is 27.9. The van der Waals surface area contributed by atoms with E-state index in [0.29, 0.717) is 17.2 Å². The zero-order chi connectivity index (χ0) is 15.5. The number of amides is 1. The molecule has 2 N–H and O–H groups in total. The van der Waals surface area contributed by atoms with Gasteiger partial charge in [-0.3, -0.25) is 4.79 Å². The molecule has 1 fully saturated rings. The van der Waals surface area contributed by atoms with Crippen LogP contribution in [0.25, 0.3) is 0 Å². The number of aromatic carboxylic acids is 1. The van der Waals surface area contributed by atoms with Gasteiger partial charge in [-0.2, -0.15) is 0 Å². The van der Waals surface area contributed by atoms with Crippen molar-refractivity contribution in [3.8, 4) is 0 Å². The molecule has 1 aliphatic rings. The third-order valence-electron chi connectivity index (χ3n) is 4.13. The van der Waals surface area contributed by atoms with Crippen LogP contribution in [0.15, 0.2) is 42.6 Å². The van der Waals surface area contributed by atoms with Gasteiger partial charge < -0.3 is 15.0 Å². The molecular weight excluding hydrogens is 280 g/mol. The monoisotopic (exact) mass is 298 g/mol. The van der Waals surface area contributed by atoms with E-state index in [2.05, 4.69) is 4.98 Å². The fourth-order valence-corrected chi connectivity index (χ4v) is 2.93. The molecule has 1 atom stereocenters. The number of H-pyrrole nitrogens is 1. The van der Waals surface area contributed by atoms with Crippen LogP contribution in [0.5, 0.6) is 0 Å². The average Bonchev–Trinajstić information content (AvgIpc) is 3.19. The van der Waals surface area contributed by atoms with Crippen molar-refractivity contribution in [2.75, 3.05) is 13.1 Å². The fourth-order valence-electron chi connectivity index (χ4n) is 2.93. The van der Waals surface area contributed by atoms with Crippen molar-refractivity contribution in [2.24, 2.45) is 5.92 Å². The largest absolute Gasteiger partial charge is 0.478 e. The first-order valence-electron chi connectivity index (χ1n) is 7.38. The molecule has 0 spiro atoms. The van der Waals surface area contributed by atoms with E-state index < -0.39 is 5.97 Å². The van der Waals surface area contributed by atoms with E-state index in [4.69, 9.17) is 5.11 Å². The van der Waals surface area contributed by atoms with Crippen LogP contribution in [0.2, 0.25) is 0 Å². The summed E-state index contributed by atoms with van der Waals surface area (Å²) in [6, 6.07) is 10.6. The number of likely N-dealkylation sites (tertiary alicyclic amines) is 1. The van der Waals surface area contributed by atoms with Gasteiger partial charge in [-0.1, -0.05) is 12.1 Å². The minimum atomic E-state index is -0.907. The van der Waals surface area contributed by atoms with Crippen LogP contribution < -0.4 is 0 Å². The summed E-state index contributed by atoms with van der Waals surface area (Å²) in [5.74, 6) is -0.432. The molecule has 0 bridgehead atoms. The van der Waals surface area contributed by atoms with Gasteiger partial charge in [-0.15, -0.1) is 0 Å². The molecule has 1 saturated heterocycles. The summed E-state index contributed by atoms with van der Waals surface area (Å²) in [6.07, 6.45) is 3.60. The van der Waals surface area contributed by atoms with E-state index in [1.807, 2.05) is 23.1 Å². The van der Waals surface area contributed by atoms with Crippen LogP contribution in [0, 0.1) is 5.92 Å². The van der Waals surface area contributed by atoms with Gasteiger partial charge in [0.2, 0.25) is 0 Å². The Balaban J connectivity index is 1.59. The quantitative estimate of drug-likeness (QED) is 0.910. The van der Waals surface area contributed by atoms with Crippen LogP contribution >= 0.6 is 0 Å². The first kappa shape index (κ1) is 14.4. The third-order valence-corrected chi connectivity index (χ3v) is 4.13. The Labute approximate surface area is 128 Å². The Morgan fingerprint density at radius 2 is 2.00 bits per heavy atom. The highest BCUT2D eigenvalue weighted by Crippen LogP contribution is 2.22. The van der Waals surface area contributed by atoms with Crippen molar-refractivity contribution in [3.63, 3.8) is 0 Å². The summed E-state index contributed by atoms with van der Waals surface area (Å²) in [5, 5.41) is 8.90. The van der Waals surface area contributed by atoms with Gasteiger partial charge in [0.1, 0.15) is 5.69 Å². The number of hydrogen-bond donors (Lipinski definition) is 2. The molecule has 1 aromatic carbocycles. The molecule has 0 unspecified atom stereocenters. The van der Waals surface area contributed by atoms with Gasteiger partial charge in [0.15, 0.2) is 0 Å². The maximum atomic E-state index is 12.3. The molecule has 5 nitrogen and oxygen atoms in total. The Kier molecular flexibility index (Phi) is 3.96. The molecule has 1 aliphatic heterocycles. The number of aromatic nitrogens is 1. The van der Waals surface area contributed by atoms with Crippen LogP contribution in [0.4, 0.5) is 0 Å². The molecule has 2 heterocycles. The predicted molar refractivity (Wildman–Crippen MR) is 81.9 cm³/mol. The van der Waals surface area contributed by atoms with Gasteiger partial charge in [-0.25, -0.2) is 4.79 Å². The first-order valence-corrected chi connectivity index (χ1v) is 7.38. The number of carboxylic acid groups (broad SMARTS) is 1. The van der Waals surface area contributed by atoms with E-state index in [0.717, 1.165) is 31.5 Å². The van der Waals surface area contributed by atoms with Crippen molar-refractivity contribution < 1.29 is 14.7 Å². The number of carboxylic acids is 1. The summed E-state index contributed by atoms with van der Waals surface area (Å²) in [7, 11) is 0. The summed E-state index contributed by atoms with van der Waals surface area (Å²) in [6.45, 7) is 1.52. The Morgan fingerprint density at radius 1 is 1.23 bits per heavy atom. The van der Waals surface area contributed by atoms with Gasteiger partial charge in [0.05, 0.1) is 5.56 Å². The molecule has 0 radical (unpaired) electrons. The number of nitrogens with one attached hydrogen (secondary N) is 1. The topological polar surface area (TPSA) is 73.4 Å². The molecule has 3 rings (SSSR count). The first-order chi connectivity index (χ1) is 10.6. The number of nitrogens with zero attached hydrogens (tertiary/aromatic N) is 1. The standard InChI is InChI=1S/C17H18N2O3/c20-16(15-2-1-8-18-15)19-9-7-13(11-19)10-12-3-5-14(6-4-12)17(21)22/h1-6,8,13,18H,7,9-11H2,(H,21,22)/t13-/m0/s1. The molecule has 5 heteroatoms. The molecular formula is C17H18N2O3. The fraction of sp³-hybridized carbons (Fsp3) is 0.294. The molecule has 22 heavy (non-hydrogen) atoms. The van der Waals surface area contributed by atoms with Gasteiger partial charge in [0.25, 0.3) is 5.91 Å². The van der Waals surface area contributed by atoms with E-state index in [-0.39, 0.29) is 5.91 Å². The lowest BCUT2D eigenvalue weighted by Gasteiger charge is -2.15. The Bertz CT molecular complexity index is 662. The number of carbonyl (C=O) groups excluding carboxylic acids is 1. The number of benzene rings is 1. The average molecular weight is 298 g/mol. The molecule has 0 aliphatic carbocycles. The highest BCUT2D eigenvalue weighted by molar-refractivity contribution is 5.92. The second-order valence-corrected chi connectivity index (χ2v) is 5.70. The summed E-state index contributed by atoms with van der Waals surface area (Å²) >= 11 is 0. The molecule has 1 aromatic heterocycles. The Morgan fingerprint density at radius 3 is 2.64 bits per heavy atom. The smallest absolute Gasteiger partial charge is 0.335 e. The molecule has 2 aromatic rings. The van der Waals surface area contributed by atoms with Crippen molar-refractivity contribution in [2.45, 2.75) is 12.8 Å². The Hall–Kier alpha value is -2.56. The normalized spacial score (nSPS) is 17.6. The maximum Gasteiger partial charge on any atom is 0.335 e. The SMILES string of the molecule is O=C(O)c1ccc(C[C@@H]2CCN(C(=O)c3ccc[nH]3)C2)cc1. The van der Waals surface area contributed by atoms with Crippen molar-refractivity contribution >= 4 is 11.9 Å². The zero-order valence-electron chi connectivity index (χ0n) is 12.2. The minimum Gasteiger partial charge on any atom is -0.478 e. The lowest BCUT2D eigenvalue weighted by atomic mass is 9.98. The third kappa shape index (κ3) is 3.03. The van der Waals surface area contributed by atoms with Crippen molar-refractivity contribution in [3.05, 3.63) is 59.4 Å². The van der Waals surface area contributed by atoms with E-state index >= 15 is 0 Å². The molecule has 114 valence electrons. The zero-order valence-corrected chi connectivity index (χ0v) is 12.2. The van der Waals surface area contributed by atoms with E-state index in [1.165, 1.54) is 0 Å². The van der Waals surface area contributed by atoms with E-state index in [1.54, 1.807) is 24.4 Å². The minimum absolute atomic E-state index is 0.0497. The number of hydrogen-bond acceptors (Lipinski definition) is 2. The van der Waals surface area contributed by atoms with Crippen LogP contribution in [-0.4, -0.2) is 40.0 Å². The summed E-state index contributed by atoms with van der Waals surface area (Å²) < 4.78 is 0. The van der Waals surface area contributed by atoms with Gasteiger partial charge in [-0.05, 0) is 48.6 Å². The van der Waals surface area contributed by atoms with Crippen molar-refractivity contribution in [1.29, 1.82) is 0 Å². The predicted octanol–water partition coefficient (Wildman–Crippen LogP) is 2.42. The highest BCUT2D eigenvalue weighted by atomic mass is 16.4. The second-order valence-electron chi connectivity index (χ2n) is 5.70. The van der Waals surface area contributed by atoms with Crippen LogP contribution in [0.3, 0.4) is 0 Å². The number of aromatic amines is 1. The van der Waals surface area contributed by atoms with Crippen LogP contribution in [0.1, 0.15) is 32.8 Å². The highest BCUT2D eigenvalue weighted by Gasteiger charge is 2.27. The van der Waals surface area contributed by atoms with Crippen molar-refractivity contribution in [1.82, 2.24) is 9.88 Å². The number of carbonyl (C=O) groups is 2. The lowest BCUT2D eigenvalue weighted by molar-refractivity contribution is 0.0696. The van der Waals surface area contributed by atoms with Crippen LogP contribution in [-0.2, 0) is 6.42 Å². The maximum absolute atomic E-state index is 12.3. The molecule has 0 saturated carbocycles. The summed E-state index contributed by atoms with van der Waals surface area (Å²) in [5.41, 5.74) is 2.05. The second kappa shape index (κ2) is 6.05. The van der Waals surface area contributed by atoms with Gasteiger partial charge in [0, 0.05) is 19.3 Å². The number of rotatable bonds is 4.